The van der Waals surface area contributed by atoms with Crippen LogP contribution < -0.4 is 11.3 Å². The maximum atomic E-state index is 12.9. The molecule has 0 saturated carbocycles. The zero-order valence-electron chi connectivity index (χ0n) is 15.5. The summed E-state index contributed by atoms with van der Waals surface area (Å²) in [5, 5.41) is 10.4. The second kappa shape index (κ2) is 6.65. The van der Waals surface area contributed by atoms with Gasteiger partial charge < -0.3 is 20.2 Å². The molecule has 3 N–H and O–H groups in total. The number of H-pyrrole nitrogens is 1. The maximum absolute atomic E-state index is 12.9. The number of hydrogen-bond acceptors (Lipinski definition) is 6. The van der Waals surface area contributed by atoms with Crippen molar-refractivity contribution >= 4 is 16.9 Å². The molecule has 1 aromatic carbocycles. The van der Waals surface area contributed by atoms with E-state index < -0.39 is 17.4 Å². The molecular weight excluding hydrogens is 346 g/mol. The quantitative estimate of drug-likeness (QED) is 0.789. The average Bonchev–Trinajstić information content (AvgIpc) is 2.60. The number of benzene rings is 1. The number of aromatic nitrogens is 1. The summed E-state index contributed by atoms with van der Waals surface area (Å²) >= 11 is 0. The number of nitrogens with two attached hydrogens (primary N) is 1. The molecule has 0 fully saturated rings. The molecule has 0 saturated heterocycles. The highest BCUT2D eigenvalue weighted by atomic mass is 16.5. The molecule has 1 aliphatic rings. The molecule has 7 heteroatoms. The Balaban J connectivity index is 2.35. The lowest BCUT2D eigenvalue weighted by Gasteiger charge is -2.26. The van der Waals surface area contributed by atoms with Crippen LogP contribution in [-0.4, -0.2) is 18.1 Å². The van der Waals surface area contributed by atoms with Gasteiger partial charge in [0.05, 0.1) is 24.1 Å². The van der Waals surface area contributed by atoms with Crippen molar-refractivity contribution in [2.75, 3.05) is 7.11 Å². The summed E-state index contributed by atoms with van der Waals surface area (Å²) in [7, 11) is 1.23. The van der Waals surface area contributed by atoms with Gasteiger partial charge in [-0.2, -0.15) is 5.26 Å². The molecule has 1 aliphatic heterocycles. The number of rotatable bonds is 2. The number of allylic oxidation sites excluding steroid dienone is 2. The van der Waals surface area contributed by atoms with Gasteiger partial charge in [-0.3, -0.25) is 4.79 Å². The Morgan fingerprint density at radius 2 is 2.00 bits per heavy atom. The Morgan fingerprint density at radius 1 is 1.30 bits per heavy atom. The van der Waals surface area contributed by atoms with E-state index in [1.807, 2.05) is 32.0 Å². The van der Waals surface area contributed by atoms with Crippen LogP contribution in [0.5, 0.6) is 0 Å². The van der Waals surface area contributed by atoms with Gasteiger partial charge in [0.15, 0.2) is 0 Å². The molecule has 7 nitrogen and oxygen atoms in total. The largest absolute Gasteiger partial charge is 0.466 e. The van der Waals surface area contributed by atoms with Crippen molar-refractivity contribution in [1.29, 1.82) is 5.26 Å². The summed E-state index contributed by atoms with van der Waals surface area (Å²) in [6.07, 6.45) is 0. The zero-order valence-corrected chi connectivity index (χ0v) is 15.5. The lowest BCUT2D eigenvalue weighted by molar-refractivity contribution is -0.136. The van der Waals surface area contributed by atoms with Crippen LogP contribution >= 0.6 is 0 Å². The SMILES string of the molecule is COC(=O)C1=C(C)OC(N)=C(C#N)C1c1cc2cc(C)cc(C)c2[nH]c1=O. The number of esters is 1. The minimum atomic E-state index is -0.967. The Hall–Kier alpha value is -3.53. The molecule has 0 amide bonds. The van der Waals surface area contributed by atoms with E-state index in [1.54, 1.807) is 13.0 Å². The van der Waals surface area contributed by atoms with E-state index >= 15 is 0 Å². The number of nitriles is 1. The number of nitrogens with one attached hydrogen (secondary N) is 1. The first kappa shape index (κ1) is 18.3. The highest BCUT2D eigenvalue weighted by Crippen LogP contribution is 2.38. The number of nitrogens with zero attached hydrogens (tertiary/aromatic N) is 1. The van der Waals surface area contributed by atoms with Crippen LogP contribution in [0.1, 0.15) is 29.5 Å². The lowest BCUT2D eigenvalue weighted by atomic mass is 9.83. The van der Waals surface area contributed by atoms with E-state index in [4.69, 9.17) is 15.2 Å². The molecule has 3 rings (SSSR count). The summed E-state index contributed by atoms with van der Waals surface area (Å²) in [6.45, 7) is 5.40. The van der Waals surface area contributed by atoms with Crippen molar-refractivity contribution in [3.8, 4) is 6.07 Å². The molecule has 0 aliphatic carbocycles. The smallest absolute Gasteiger partial charge is 0.338 e. The molecule has 2 heterocycles. The first-order valence-corrected chi connectivity index (χ1v) is 8.29. The zero-order chi connectivity index (χ0) is 19.9. The summed E-state index contributed by atoms with van der Waals surface area (Å²) in [4.78, 5) is 28.1. The van der Waals surface area contributed by atoms with Crippen LogP contribution in [0, 0.1) is 25.2 Å². The monoisotopic (exact) mass is 365 g/mol. The average molecular weight is 365 g/mol. The van der Waals surface area contributed by atoms with Crippen LogP contribution in [0.15, 0.2) is 45.8 Å². The number of carbonyl (C=O) groups is 1. The van der Waals surface area contributed by atoms with Crippen LogP contribution in [-0.2, 0) is 14.3 Å². The van der Waals surface area contributed by atoms with Crippen molar-refractivity contribution in [1.82, 2.24) is 4.98 Å². The normalized spacial score (nSPS) is 16.9. The fraction of sp³-hybridized carbons (Fsp3) is 0.250. The maximum Gasteiger partial charge on any atom is 0.338 e. The van der Waals surface area contributed by atoms with E-state index in [-0.39, 0.29) is 28.4 Å². The Bertz CT molecular complexity index is 1130. The number of pyridine rings is 1. The predicted octanol–water partition coefficient (Wildman–Crippen LogP) is 2.40. The molecular formula is C20H19N3O4. The van der Waals surface area contributed by atoms with Gasteiger partial charge in [0, 0.05) is 5.56 Å². The number of carbonyl (C=O) groups excluding carboxylic acids is 1. The second-order valence-electron chi connectivity index (χ2n) is 6.49. The van der Waals surface area contributed by atoms with E-state index in [9.17, 15) is 14.9 Å². The molecule has 0 spiro atoms. The number of ether oxygens (including phenoxy) is 2. The number of aromatic amines is 1. The fourth-order valence-electron chi connectivity index (χ4n) is 3.49. The first-order chi connectivity index (χ1) is 12.8. The van der Waals surface area contributed by atoms with Crippen LogP contribution in [0.2, 0.25) is 0 Å². The van der Waals surface area contributed by atoms with Crippen molar-refractivity contribution in [2.24, 2.45) is 5.73 Å². The van der Waals surface area contributed by atoms with Gasteiger partial charge in [0.2, 0.25) is 5.88 Å². The minimum Gasteiger partial charge on any atom is -0.466 e. The molecule has 27 heavy (non-hydrogen) atoms. The van der Waals surface area contributed by atoms with Gasteiger partial charge >= 0.3 is 5.97 Å². The topological polar surface area (TPSA) is 118 Å². The first-order valence-electron chi connectivity index (χ1n) is 8.29. The third-order valence-corrected chi connectivity index (χ3v) is 4.64. The summed E-state index contributed by atoms with van der Waals surface area (Å²) in [5.41, 5.74) is 8.42. The number of hydrogen-bond donors (Lipinski definition) is 2. The highest BCUT2D eigenvalue weighted by Gasteiger charge is 2.37. The highest BCUT2D eigenvalue weighted by molar-refractivity contribution is 5.93. The van der Waals surface area contributed by atoms with Crippen molar-refractivity contribution in [3.63, 3.8) is 0 Å². The molecule has 0 bridgehead atoms. The summed E-state index contributed by atoms with van der Waals surface area (Å²) in [6, 6.07) is 7.54. The minimum absolute atomic E-state index is 0.00442. The molecule has 1 atom stereocenters. The van der Waals surface area contributed by atoms with Gasteiger partial charge in [0.1, 0.15) is 17.4 Å². The lowest BCUT2D eigenvalue weighted by Crippen LogP contribution is -2.29. The number of aryl methyl sites for hydroxylation is 2. The van der Waals surface area contributed by atoms with E-state index in [2.05, 4.69) is 4.98 Å². The molecule has 2 aromatic rings. The predicted molar refractivity (Wildman–Crippen MR) is 99.4 cm³/mol. The molecule has 1 unspecified atom stereocenters. The fourth-order valence-corrected chi connectivity index (χ4v) is 3.49. The number of methoxy groups -OCH3 is 1. The van der Waals surface area contributed by atoms with Gasteiger partial charge in [-0.1, -0.05) is 11.6 Å². The van der Waals surface area contributed by atoms with E-state index in [0.717, 1.165) is 16.5 Å². The van der Waals surface area contributed by atoms with Gasteiger partial charge in [-0.05, 0) is 43.9 Å². The van der Waals surface area contributed by atoms with Crippen molar-refractivity contribution in [3.05, 3.63) is 68.0 Å². The van der Waals surface area contributed by atoms with Crippen LogP contribution in [0.3, 0.4) is 0 Å². The van der Waals surface area contributed by atoms with Gasteiger partial charge in [-0.15, -0.1) is 0 Å². The van der Waals surface area contributed by atoms with Crippen molar-refractivity contribution < 1.29 is 14.3 Å². The number of fused-ring (bicyclic) bond motifs is 1. The molecule has 0 radical (unpaired) electrons. The van der Waals surface area contributed by atoms with E-state index in [1.165, 1.54) is 7.11 Å². The summed E-state index contributed by atoms with van der Waals surface area (Å²) < 4.78 is 10.2. The third kappa shape index (κ3) is 2.95. The van der Waals surface area contributed by atoms with E-state index in [0.29, 0.717) is 5.52 Å². The molecule has 138 valence electrons. The van der Waals surface area contributed by atoms with Gasteiger partial charge in [0.25, 0.3) is 5.56 Å². The second-order valence-corrected chi connectivity index (χ2v) is 6.49. The van der Waals surface area contributed by atoms with Crippen molar-refractivity contribution in [2.45, 2.75) is 26.7 Å². The van der Waals surface area contributed by atoms with Crippen LogP contribution in [0.25, 0.3) is 10.9 Å². The standard InChI is InChI=1S/C20H19N3O4/c1-9-5-10(2)17-12(6-9)7-13(19(24)23-17)16-14(8-21)18(22)27-11(3)15(16)20(25)26-4/h5-7,16H,22H2,1-4H3,(H,23,24). The Morgan fingerprint density at radius 3 is 2.63 bits per heavy atom. The van der Waals surface area contributed by atoms with Crippen LogP contribution in [0.4, 0.5) is 0 Å². The molecule has 1 aromatic heterocycles. The summed E-state index contributed by atoms with van der Waals surface area (Å²) in [5.74, 6) is -1.58. The Kier molecular flexibility index (Phi) is 4.50. The Labute approximate surface area is 155 Å². The van der Waals surface area contributed by atoms with Gasteiger partial charge in [-0.25, -0.2) is 4.79 Å². The third-order valence-electron chi connectivity index (χ3n) is 4.64.